The standard InChI is InChI=1S/C10H11Cl2N3O3/c11-8-4-7(10(12)14-13-8)15-1-2-18-5-6(15)3-9(16)17/h4,6H,1-3,5H2,(H,16,17). The molecule has 1 atom stereocenters. The zero-order chi connectivity index (χ0) is 13.1. The molecule has 1 aliphatic heterocycles. The van der Waals surface area contributed by atoms with Crippen LogP contribution in [0.25, 0.3) is 0 Å². The van der Waals surface area contributed by atoms with Crippen LogP contribution < -0.4 is 4.90 Å². The van der Waals surface area contributed by atoms with Crippen molar-refractivity contribution in [3.8, 4) is 0 Å². The Hall–Kier alpha value is -1.11. The molecule has 1 saturated heterocycles. The molecule has 0 aliphatic carbocycles. The number of nitrogens with zero attached hydrogens (tertiary/aromatic N) is 3. The zero-order valence-electron chi connectivity index (χ0n) is 9.34. The molecular weight excluding hydrogens is 281 g/mol. The second-order valence-corrected chi connectivity index (χ2v) is 4.61. The SMILES string of the molecule is O=C(O)CC1COCCN1c1cc(Cl)nnc1Cl. The molecule has 0 saturated carbocycles. The van der Waals surface area contributed by atoms with Crippen molar-refractivity contribution in [2.24, 2.45) is 0 Å². The Labute approximate surface area is 113 Å². The highest BCUT2D eigenvalue weighted by molar-refractivity contribution is 6.33. The largest absolute Gasteiger partial charge is 0.481 e. The molecule has 8 heteroatoms. The molecule has 0 radical (unpaired) electrons. The van der Waals surface area contributed by atoms with Crippen LogP contribution >= 0.6 is 23.2 Å². The number of hydrogen-bond donors (Lipinski definition) is 1. The van der Waals surface area contributed by atoms with Gasteiger partial charge in [0.1, 0.15) is 0 Å². The Balaban J connectivity index is 2.27. The van der Waals surface area contributed by atoms with E-state index < -0.39 is 5.97 Å². The fraction of sp³-hybridized carbons (Fsp3) is 0.500. The Morgan fingerprint density at radius 2 is 2.33 bits per heavy atom. The van der Waals surface area contributed by atoms with Crippen molar-refractivity contribution in [3.63, 3.8) is 0 Å². The van der Waals surface area contributed by atoms with E-state index in [2.05, 4.69) is 10.2 Å². The summed E-state index contributed by atoms with van der Waals surface area (Å²) in [4.78, 5) is 12.7. The third-order valence-corrected chi connectivity index (χ3v) is 3.10. The summed E-state index contributed by atoms with van der Waals surface area (Å²) < 4.78 is 5.29. The van der Waals surface area contributed by atoms with Crippen molar-refractivity contribution < 1.29 is 14.6 Å². The summed E-state index contributed by atoms with van der Waals surface area (Å²) in [5.41, 5.74) is 0.589. The minimum Gasteiger partial charge on any atom is -0.481 e. The van der Waals surface area contributed by atoms with Gasteiger partial charge in [-0.3, -0.25) is 4.79 Å². The van der Waals surface area contributed by atoms with Crippen molar-refractivity contribution in [1.82, 2.24) is 10.2 Å². The molecule has 2 heterocycles. The van der Waals surface area contributed by atoms with E-state index in [1.54, 1.807) is 6.07 Å². The third kappa shape index (κ3) is 3.01. The van der Waals surface area contributed by atoms with Gasteiger partial charge in [0.25, 0.3) is 0 Å². The number of aliphatic carboxylic acids is 1. The highest BCUT2D eigenvalue weighted by Gasteiger charge is 2.27. The van der Waals surface area contributed by atoms with Crippen LogP contribution in [0.4, 0.5) is 5.69 Å². The summed E-state index contributed by atoms with van der Waals surface area (Å²) >= 11 is 11.8. The van der Waals surface area contributed by atoms with E-state index in [-0.39, 0.29) is 22.8 Å². The first-order valence-electron chi connectivity index (χ1n) is 5.33. The maximum atomic E-state index is 10.8. The highest BCUT2D eigenvalue weighted by atomic mass is 35.5. The fourth-order valence-electron chi connectivity index (χ4n) is 1.89. The van der Waals surface area contributed by atoms with Crippen LogP contribution in [-0.2, 0) is 9.53 Å². The van der Waals surface area contributed by atoms with Crippen LogP contribution in [0.5, 0.6) is 0 Å². The summed E-state index contributed by atoms with van der Waals surface area (Å²) in [7, 11) is 0. The molecule has 1 N–H and O–H groups in total. The molecule has 0 amide bonds. The lowest BCUT2D eigenvalue weighted by molar-refractivity contribution is -0.138. The van der Waals surface area contributed by atoms with Crippen LogP contribution in [0.15, 0.2) is 6.07 Å². The number of rotatable bonds is 3. The number of aromatic nitrogens is 2. The number of carboxylic acids is 1. The number of hydrogen-bond acceptors (Lipinski definition) is 5. The fourth-order valence-corrected chi connectivity index (χ4v) is 2.23. The molecule has 1 fully saturated rings. The van der Waals surface area contributed by atoms with Gasteiger partial charge in [0, 0.05) is 12.6 Å². The Morgan fingerprint density at radius 3 is 3.06 bits per heavy atom. The number of carbonyl (C=O) groups is 1. The Kier molecular flexibility index (Phi) is 4.21. The number of ether oxygens (including phenoxy) is 1. The molecule has 2 rings (SSSR count). The molecule has 1 aliphatic rings. The van der Waals surface area contributed by atoms with Gasteiger partial charge in [0.2, 0.25) is 0 Å². The van der Waals surface area contributed by atoms with Crippen LogP contribution in [0, 0.1) is 0 Å². The van der Waals surface area contributed by atoms with Crippen molar-refractivity contribution in [1.29, 1.82) is 0 Å². The van der Waals surface area contributed by atoms with Crippen LogP contribution in [0.3, 0.4) is 0 Å². The smallest absolute Gasteiger partial charge is 0.305 e. The normalized spacial score (nSPS) is 19.9. The van der Waals surface area contributed by atoms with E-state index in [1.807, 2.05) is 4.90 Å². The van der Waals surface area contributed by atoms with Gasteiger partial charge in [-0.25, -0.2) is 0 Å². The number of halogens is 2. The second-order valence-electron chi connectivity index (χ2n) is 3.86. The Morgan fingerprint density at radius 1 is 1.56 bits per heavy atom. The lowest BCUT2D eigenvalue weighted by Crippen LogP contribution is -2.46. The first kappa shape index (κ1) is 13.3. The summed E-state index contributed by atoms with van der Waals surface area (Å²) in [5, 5.41) is 16.7. The zero-order valence-corrected chi connectivity index (χ0v) is 10.9. The summed E-state index contributed by atoms with van der Waals surface area (Å²) in [6.07, 6.45) is -0.0315. The number of morpholine rings is 1. The lowest BCUT2D eigenvalue weighted by atomic mass is 10.1. The van der Waals surface area contributed by atoms with Crippen molar-refractivity contribution in [2.45, 2.75) is 12.5 Å². The average Bonchev–Trinajstić information content (AvgIpc) is 2.32. The maximum absolute atomic E-state index is 10.8. The van der Waals surface area contributed by atoms with E-state index in [9.17, 15) is 4.79 Å². The monoisotopic (exact) mass is 291 g/mol. The third-order valence-electron chi connectivity index (χ3n) is 2.65. The molecule has 0 bridgehead atoms. The summed E-state index contributed by atoms with van der Waals surface area (Å²) in [6.45, 7) is 1.38. The lowest BCUT2D eigenvalue weighted by Gasteiger charge is -2.36. The van der Waals surface area contributed by atoms with Gasteiger partial charge in [-0.2, -0.15) is 0 Å². The Bertz CT molecular complexity index is 458. The molecule has 6 nitrogen and oxygen atoms in total. The number of carboxylic acid groups (broad SMARTS) is 1. The quantitative estimate of drug-likeness (QED) is 0.909. The van der Waals surface area contributed by atoms with Gasteiger partial charge in [-0.05, 0) is 0 Å². The second kappa shape index (κ2) is 5.69. The average molecular weight is 292 g/mol. The van der Waals surface area contributed by atoms with Crippen molar-refractivity contribution in [3.05, 3.63) is 16.4 Å². The molecule has 0 spiro atoms. The molecule has 18 heavy (non-hydrogen) atoms. The van der Waals surface area contributed by atoms with Crippen LogP contribution in [-0.4, -0.2) is 47.1 Å². The van der Waals surface area contributed by atoms with Gasteiger partial charge >= 0.3 is 5.97 Å². The maximum Gasteiger partial charge on any atom is 0.305 e. The van der Waals surface area contributed by atoms with Crippen LogP contribution in [0.1, 0.15) is 6.42 Å². The van der Waals surface area contributed by atoms with Gasteiger partial charge in [-0.15, -0.1) is 10.2 Å². The van der Waals surface area contributed by atoms with E-state index in [0.717, 1.165) is 0 Å². The first-order valence-corrected chi connectivity index (χ1v) is 6.08. The van der Waals surface area contributed by atoms with Gasteiger partial charge in [0.05, 0.1) is 31.4 Å². The number of anilines is 1. The summed E-state index contributed by atoms with van der Waals surface area (Å²) in [6, 6.07) is 1.30. The minimum absolute atomic E-state index is 0.0315. The van der Waals surface area contributed by atoms with E-state index in [1.165, 1.54) is 0 Å². The predicted octanol–water partition coefficient (Wildman–Crippen LogP) is 1.46. The topological polar surface area (TPSA) is 75.6 Å². The molecule has 1 aromatic heterocycles. The van der Waals surface area contributed by atoms with Crippen LogP contribution in [0.2, 0.25) is 10.3 Å². The van der Waals surface area contributed by atoms with Gasteiger partial charge < -0.3 is 14.7 Å². The predicted molar refractivity (Wildman–Crippen MR) is 66.3 cm³/mol. The van der Waals surface area contributed by atoms with Gasteiger partial charge in [-0.1, -0.05) is 23.2 Å². The van der Waals surface area contributed by atoms with E-state index >= 15 is 0 Å². The van der Waals surface area contributed by atoms with Gasteiger partial charge in [0.15, 0.2) is 10.3 Å². The molecule has 1 aromatic rings. The first-order chi connectivity index (χ1) is 8.58. The van der Waals surface area contributed by atoms with E-state index in [4.69, 9.17) is 33.0 Å². The van der Waals surface area contributed by atoms with Crippen molar-refractivity contribution >= 4 is 34.9 Å². The highest BCUT2D eigenvalue weighted by Crippen LogP contribution is 2.29. The molecule has 0 aromatic carbocycles. The molecule has 1 unspecified atom stereocenters. The molecule has 98 valence electrons. The molecular formula is C10H11Cl2N3O3. The van der Waals surface area contributed by atoms with E-state index in [0.29, 0.717) is 25.4 Å². The summed E-state index contributed by atoms with van der Waals surface area (Å²) in [5.74, 6) is -0.889. The minimum atomic E-state index is -0.889. The van der Waals surface area contributed by atoms with Crippen molar-refractivity contribution in [2.75, 3.05) is 24.7 Å².